The van der Waals surface area contributed by atoms with E-state index in [1.807, 2.05) is 6.92 Å². The van der Waals surface area contributed by atoms with Crippen LogP contribution in [0.25, 0.3) is 0 Å². The smallest absolute Gasteiger partial charge is 0.309 e. The van der Waals surface area contributed by atoms with Crippen LogP contribution in [0.2, 0.25) is 5.15 Å². The first-order valence-electron chi connectivity index (χ1n) is 5.32. The number of carboxylic acid groups (broad SMARTS) is 1. The maximum atomic E-state index is 10.6. The summed E-state index contributed by atoms with van der Waals surface area (Å²) in [7, 11) is 0. The van der Waals surface area contributed by atoms with E-state index in [0.29, 0.717) is 22.4 Å². The number of hydrogen-bond donors (Lipinski definition) is 1. The van der Waals surface area contributed by atoms with Gasteiger partial charge in [0.1, 0.15) is 11.0 Å². The molecule has 0 fully saturated rings. The van der Waals surface area contributed by atoms with Crippen molar-refractivity contribution in [2.75, 3.05) is 0 Å². The summed E-state index contributed by atoms with van der Waals surface area (Å²) in [6.45, 7) is 1.86. The largest absolute Gasteiger partial charge is 0.481 e. The third kappa shape index (κ3) is 4.45. The lowest BCUT2D eigenvalue weighted by molar-refractivity contribution is -0.136. The minimum Gasteiger partial charge on any atom is -0.481 e. The maximum absolute atomic E-state index is 10.6. The molecule has 1 N–H and O–H groups in total. The molecule has 8 heteroatoms. The fourth-order valence-electron chi connectivity index (χ4n) is 1.37. The molecule has 2 aromatic heterocycles. The average Bonchev–Trinajstić information content (AvgIpc) is 2.72. The molecule has 5 nitrogen and oxygen atoms in total. The highest BCUT2D eigenvalue weighted by Crippen LogP contribution is 2.25. The highest BCUT2D eigenvalue weighted by molar-refractivity contribution is 8.00. The quantitative estimate of drug-likeness (QED) is 0.675. The summed E-state index contributed by atoms with van der Waals surface area (Å²) in [6, 6.07) is 1.70. The van der Waals surface area contributed by atoms with Gasteiger partial charge in [-0.15, -0.1) is 11.3 Å². The van der Waals surface area contributed by atoms with Gasteiger partial charge in [0.25, 0.3) is 0 Å². The Hall–Kier alpha value is -1.18. The van der Waals surface area contributed by atoms with Crippen molar-refractivity contribution in [2.45, 2.75) is 23.4 Å². The molecular formula is C11H10ClN3O2S2. The van der Waals surface area contributed by atoms with Crippen LogP contribution in [0.5, 0.6) is 0 Å². The zero-order valence-electron chi connectivity index (χ0n) is 9.96. The molecule has 0 saturated heterocycles. The molecular weight excluding hydrogens is 306 g/mol. The van der Waals surface area contributed by atoms with Gasteiger partial charge < -0.3 is 5.11 Å². The lowest BCUT2D eigenvalue weighted by atomic mass is 10.3. The third-order valence-electron chi connectivity index (χ3n) is 2.06. The third-order valence-corrected chi connectivity index (χ3v) is 4.32. The minimum absolute atomic E-state index is 0.0518. The van der Waals surface area contributed by atoms with Gasteiger partial charge in [-0.2, -0.15) is 0 Å². The highest BCUT2D eigenvalue weighted by Gasteiger charge is 2.08. The van der Waals surface area contributed by atoms with Gasteiger partial charge in [-0.25, -0.2) is 15.0 Å². The number of carboxylic acids is 1. The van der Waals surface area contributed by atoms with Gasteiger partial charge in [0.15, 0.2) is 4.34 Å². The van der Waals surface area contributed by atoms with Crippen LogP contribution >= 0.6 is 34.7 Å². The summed E-state index contributed by atoms with van der Waals surface area (Å²) in [5.41, 5.74) is 1.39. The van der Waals surface area contributed by atoms with E-state index in [9.17, 15) is 4.79 Å². The molecule has 0 aliphatic rings. The van der Waals surface area contributed by atoms with Gasteiger partial charge in [0, 0.05) is 11.1 Å². The van der Waals surface area contributed by atoms with Crippen LogP contribution in [0.1, 0.15) is 17.2 Å². The number of aliphatic carboxylic acids is 1. The molecule has 100 valence electrons. The molecule has 0 bridgehead atoms. The van der Waals surface area contributed by atoms with Crippen LogP contribution in [-0.4, -0.2) is 26.0 Å². The Balaban J connectivity index is 1.98. The zero-order chi connectivity index (χ0) is 13.8. The molecule has 2 aromatic rings. The fourth-order valence-corrected chi connectivity index (χ4v) is 3.33. The van der Waals surface area contributed by atoms with Crippen molar-refractivity contribution in [3.8, 4) is 0 Å². The monoisotopic (exact) mass is 315 g/mol. The molecule has 0 saturated carbocycles. The van der Waals surface area contributed by atoms with Gasteiger partial charge in [0.2, 0.25) is 0 Å². The maximum Gasteiger partial charge on any atom is 0.309 e. The van der Waals surface area contributed by atoms with Crippen molar-refractivity contribution in [2.24, 2.45) is 0 Å². The lowest BCUT2D eigenvalue weighted by Crippen LogP contribution is -1.99. The van der Waals surface area contributed by atoms with Crippen LogP contribution in [0.4, 0.5) is 0 Å². The number of thiazole rings is 1. The van der Waals surface area contributed by atoms with Gasteiger partial charge in [-0.05, 0) is 13.0 Å². The molecule has 0 aromatic carbocycles. The second-order valence-electron chi connectivity index (χ2n) is 3.71. The molecule has 0 aliphatic carbocycles. The zero-order valence-corrected chi connectivity index (χ0v) is 12.3. The number of hydrogen-bond acceptors (Lipinski definition) is 6. The van der Waals surface area contributed by atoms with E-state index in [-0.39, 0.29) is 6.42 Å². The van der Waals surface area contributed by atoms with E-state index in [0.717, 1.165) is 10.0 Å². The number of rotatable bonds is 5. The Morgan fingerprint density at radius 1 is 1.47 bits per heavy atom. The van der Waals surface area contributed by atoms with E-state index in [1.165, 1.54) is 23.1 Å². The molecule has 2 rings (SSSR count). The van der Waals surface area contributed by atoms with E-state index >= 15 is 0 Å². The number of carbonyl (C=O) groups is 1. The first-order valence-corrected chi connectivity index (χ1v) is 7.56. The van der Waals surface area contributed by atoms with Crippen LogP contribution in [0, 0.1) is 6.92 Å². The van der Waals surface area contributed by atoms with Crippen LogP contribution in [-0.2, 0) is 17.0 Å². The predicted octanol–water partition coefficient (Wildman–Crippen LogP) is 2.81. The summed E-state index contributed by atoms with van der Waals surface area (Å²) >= 11 is 8.74. The second kappa shape index (κ2) is 6.31. The number of aromatic nitrogens is 3. The van der Waals surface area contributed by atoms with Crippen molar-refractivity contribution < 1.29 is 9.90 Å². The van der Waals surface area contributed by atoms with Crippen molar-refractivity contribution >= 4 is 40.7 Å². The number of aryl methyl sites for hydroxylation is 1. The van der Waals surface area contributed by atoms with Crippen molar-refractivity contribution in [3.63, 3.8) is 0 Å². The molecule has 19 heavy (non-hydrogen) atoms. The second-order valence-corrected chi connectivity index (χ2v) is 6.18. The van der Waals surface area contributed by atoms with Gasteiger partial charge in [0.05, 0.1) is 17.9 Å². The SMILES string of the molecule is Cc1cc(Cl)nc(CSc2nc(CC(=O)O)cs2)n1. The first-order chi connectivity index (χ1) is 9.02. The summed E-state index contributed by atoms with van der Waals surface area (Å²) in [6.07, 6.45) is -0.0518. The molecule has 0 atom stereocenters. The van der Waals surface area contributed by atoms with Crippen molar-refractivity contribution in [1.82, 2.24) is 15.0 Å². The number of nitrogens with zero attached hydrogens (tertiary/aromatic N) is 3. The average molecular weight is 316 g/mol. The van der Waals surface area contributed by atoms with Crippen molar-refractivity contribution in [3.05, 3.63) is 33.8 Å². The topological polar surface area (TPSA) is 76.0 Å². The van der Waals surface area contributed by atoms with Gasteiger partial charge in [-0.3, -0.25) is 4.79 Å². The molecule has 0 aliphatic heterocycles. The van der Waals surface area contributed by atoms with E-state index in [1.54, 1.807) is 11.4 Å². The van der Waals surface area contributed by atoms with Crippen LogP contribution < -0.4 is 0 Å². The van der Waals surface area contributed by atoms with Crippen molar-refractivity contribution in [1.29, 1.82) is 0 Å². The highest BCUT2D eigenvalue weighted by atomic mass is 35.5. The standard InChI is InChI=1S/C11H10ClN3O2S2/c1-6-2-8(12)15-9(13-6)5-19-11-14-7(4-18-11)3-10(16)17/h2,4H,3,5H2,1H3,(H,16,17). The predicted molar refractivity (Wildman–Crippen MR) is 74.8 cm³/mol. The summed E-state index contributed by atoms with van der Waals surface area (Å²) in [5, 5.41) is 10.8. The summed E-state index contributed by atoms with van der Waals surface area (Å²) in [4.78, 5) is 23.2. The summed E-state index contributed by atoms with van der Waals surface area (Å²) < 4.78 is 0.803. The molecule has 0 spiro atoms. The Bertz CT molecular complexity index is 583. The Morgan fingerprint density at radius 3 is 2.95 bits per heavy atom. The fraction of sp³-hybridized carbons (Fsp3) is 0.273. The molecule has 0 amide bonds. The first kappa shape index (κ1) is 14.2. The van der Waals surface area contributed by atoms with Crippen LogP contribution in [0.15, 0.2) is 15.8 Å². The Kier molecular flexibility index (Phi) is 4.73. The summed E-state index contributed by atoms with van der Waals surface area (Å²) in [5.74, 6) is 0.321. The van der Waals surface area contributed by atoms with E-state index in [4.69, 9.17) is 16.7 Å². The van der Waals surface area contributed by atoms with Gasteiger partial charge in [-0.1, -0.05) is 23.4 Å². The van der Waals surface area contributed by atoms with E-state index in [2.05, 4.69) is 15.0 Å². The normalized spacial score (nSPS) is 10.6. The van der Waals surface area contributed by atoms with E-state index < -0.39 is 5.97 Å². The lowest BCUT2D eigenvalue weighted by Gasteiger charge is -2.00. The minimum atomic E-state index is -0.879. The number of halogens is 1. The van der Waals surface area contributed by atoms with Crippen LogP contribution in [0.3, 0.4) is 0 Å². The van der Waals surface area contributed by atoms with Gasteiger partial charge >= 0.3 is 5.97 Å². The Labute approximate surface area is 123 Å². The molecule has 0 unspecified atom stereocenters. The Morgan fingerprint density at radius 2 is 2.26 bits per heavy atom. The number of thioether (sulfide) groups is 1. The molecule has 2 heterocycles. The molecule has 0 radical (unpaired) electrons.